The van der Waals surface area contributed by atoms with E-state index >= 15 is 0 Å². The van der Waals surface area contributed by atoms with Crippen LogP contribution in [-0.4, -0.2) is 34.8 Å². The number of nitrogens with zero attached hydrogens (tertiary/aromatic N) is 2. The molecule has 1 N–H and O–H groups in total. The Balaban J connectivity index is 1.66. The first kappa shape index (κ1) is 20.0. The van der Waals surface area contributed by atoms with E-state index in [4.69, 9.17) is 0 Å². The fourth-order valence-corrected chi connectivity index (χ4v) is 5.14. The molecule has 2 aromatic rings. The Morgan fingerprint density at radius 1 is 1.33 bits per heavy atom. The van der Waals surface area contributed by atoms with Crippen LogP contribution in [0.4, 0.5) is 5.13 Å². The highest BCUT2D eigenvalue weighted by molar-refractivity contribution is 7.18. The Bertz CT molecular complexity index is 827. The first-order chi connectivity index (χ1) is 12.9. The third-order valence-corrected chi connectivity index (χ3v) is 7.03. The van der Waals surface area contributed by atoms with Gasteiger partial charge in [-0.1, -0.05) is 13.8 Å². The molecular weight excluding hydrogens is 378 g/mol. The van der Waals surface area contributed by atoms with E-state index in [1.54, 1.807) is 11.3 Å². The zero-order valence-corrected chi connectivity index (χ0v) is 18.0. The number of aromatic nitrogens is 1. The summed E-state index contributed by atoms with van der Waals surface area (Å²) in [5.41, 5.74) is 0.950. The molecule has 3 rings (SSSR count). The molecule has 146 valence electrons. The highest BCUT2D eigenvalue weighted by Crippen LogP contribution is 2.34. The lowest BCUT2D eigenvalue weighted by molar-refractivity contribution is -0.138. The van der Waals surface area contributed by atoms with Gasteiger partial charge >= 0.3 is 0 Å². The van der Waals surface area contributed by atoms with Crippen molar-refractivity contribution in [2.24, 2.45) is 11.8 Å². The number of amides is 2. The Hall–Kier alpha value is -1.73. The van der Waals surface area contributed by atoms with Crippen molar-refractivity contribution in [1.29, 1.82) is 0 Å². The number of piperidine rings is 1. The average molecular weight is 406 g/mol. The molecule has 7 heteroatoms. The van der Waals surface area contributed by atoms with Crippen LogP contribution in [0, 0.1) is 25.7 Å². The van der Waals surface area contributed by atoms with Crippen LogP contribution in [0.25, 0.3) is 10.6 Å². The summed E-state index contributed by atoms with van der Waals surface area (Å²) in [5, 5.41) is 3.63. The number of carbonyl (C=O) groups is 2. The first-order valence-electron chi connectivity index (χ1n) is 9.53. The van der Waals surface area contributed by atoms with Gasteiger partial charge < -0.3 is 10.2 Å². The lowest BCUT2D eigenvalue weighted by atomic mass is 9.95. The number of anilines is 1. The molecule has 27 heavy (non-hydrogen) atoms. The Morgan fingerprint density at radius 2 is 2.11 bits per heavy atom. The van der Waals surface area contributed by atoms with E-state index in [9.17, 15) is 9.59 Å². The van der Waals surface area contributed by atoms with Gasteiger partial charge in [-0.25, -0.2) is 4.98 Å². The van der Waals surface area contributed by atoms with Crippen molar-refractivity contribution in [1.82, 2.24) is 9.88 Å². The zero-order valence-electron chi connectivity index (χ0n) is 16.4. The minimum atomic E-state index is -0.164. The van der Waals surface area contributed by atoms with Gasteiger partial charge in [0.2, 0.25) is 11.8 Å². The predicted octanol–water partition coefficient (Wildman–Crippen LogP) is 4.71. The van der Waals surface area contributed by atoms with Crippen LogP contribution in [0.3, 0.4) is 0 Å². The smallest absolute Gasteiger partial charge is 0.231 e. The third-order valence-electron chi connectivity index (χ3n) is 5.14. The van der Waals surface area contributed by atoms with Crippen LogP contribution >= 0.6 is 22.7 Å². The minimum Gasteiger partial charge on any atom is -0.342 e. The molecule has 0 aliphatic carbocycles. The fourth-order valence-electron chi connectivity index (χ4n) is 3.33. The largest absolute Gasteiger partial charge is 0.342 e. The average Bonchev–Trinajstić information content (AvgIpc) is 3.25. The molecule has 0 aromatic carbocycles. The number of thiazole rings is 1. The van der Waals surface area contributed by atoms with Crippen molar-refractivity contribution in [2.45, 2.75) is 47.0 Å². The van der Waals surface area contributed by atoms with Crippen molar-refractivity contribution in [3.05, 3.63) is 21.9 Å². The summed E-state index contributed by atoms with van der Waals surface area (Å²) >= 11 is 3.22. The summed E-state index contributed by atoms with van der Waals surface area (Å²) in [6.45, 7) is 9.35. The summed E-state index contributed by atoms with van der Waals surface area (Å²) in [5.74, 6) is -0.0108. The van der Waals surface area contributed by atoms with Crippen LogP contribution in [0.1, 0.15) is 42.9 Å². The molecule has 5 nitrogen and oxygen atoms in total. The second kappa shape index (κ2) is 8.52. The number of carbonyl (C=O) groups excluding carboxylic acids is 2. The van der Waals surface area contributed by atoms with Gasteiger partial charge in [0.25, 0.3) is 0 Å². The van der Waals surface area contributed by atoms with Crippen LogP contribution in [0.5, 0.6) is 0 Å². The molecular formula is C20H27N3O2S2. The number of nitrogens with one attached hydrogen (secondary N) is 1. The highest BCUT2D eigenvalue weighted by Gasteiger charge is 2.30. The third kappa shape index (κ3) is 4.58. The number of rotatable bonds is 5. The predicted molar refractivity (Wildman–Crippen MR) is 112 cm³/mol. The van der Waals surface area contributed by atoms with E-state index in [0.29, 0.717) is 11.7 Å². The monoisotopic (exact) mass is 405 g/mol. The van der Waals surface area contributed by atoms with Gasteiger partial charge in [-0.3, -0.25) is 9.59 Å². The highest BCUT2D eigenvalue weighted by atomic mass is 32.1. The molecule has 2 unspecified atom stereocenters. The molecule has 1 aliphatic heterocycles. The molecule has 0 saturated carbocycles. The zero-order chi connectivity index (χ0) is 19.6. The minimum absolute atomic E-state index is 0.0187. The first-order valence-corrected chi connectivity index (χ1v) is 11.2. The summed E-state index contributed by atoms with van der Waals surface area (Å²) in [4.78, 5) is 35.2. The SMILES string of the molecule is CCC(C)C(=O)N1CCCC(C(=O)Nc2nc(-c3ccc(C)s3)c(C)s2)C1. The molecule has 0 radical (unpaired) electrons. The van der Waals surface area contributed by atoms with Crippen LogP contribution in [0.2, 0.25) is 0 Å². The van der Waals surface area contributed by atoms with Crippen molar-refractivity contribution >= 4 is 39.6 Å². The van der Waals surface area contributed by atoms with Gasteiger partial charge in [0, 0.05) is 28.8 Å². The number of hydrogen-bond donors (Lipinski definition) is 1. The quantitative estimate of drug-likeness (QED) is 0.783. The maximum absolute atomic E-state index is 12.8. The Kier molecular flexibility index (Phi) is 6.32. The number of hydrogen-bond acceptors (Lipinski definition) is 5. The van der Waals surface area contributed by atoms with E-state index in [2.05, 4.69) is 29.4 Å². The van der Waals surface area contributed by atoms with E-state index in [0.717, 1.165) is 41.3 Å². The second-order valence-electron chi connectivity index (χ2n) is 7.26. The van der Waals surface area contributed by atoms with Crippen molar-refractivity contribution in [2.75, 3.05) is 18.4 Å². The molecule has 3 heterocycles. The van der Waals surface area contributed by atoms with Gasteiger partial charge in [0.05, 0.1) is 16.5 Å². The van der Waals surface area contributed by atoms with Crippen molar-refractivity contribution < 1.29 is 9.59 Å². The molecule has 2 atom stereocenters. The van der Waals surface area contributed by atoms with Crippen LogP contribution in [0.15, 0.2) is 12.1 Å². The van der Waals surface area contributed by atoms with Crippen molar-refractivity contribution in [3.8, 4) is 10.6 Å². The molecule has 1 aliphatic rings. The second-order valence-corrected chi connectivity index (χ2v) is 9.75. The summed E-state index contributed by atoms with van der Waals surface area (Å²) in [6.07, 6.45) is 2.52. The van der Waals surface area contributed by atoms with Crippen LogP contribution in [-0.2, 0) is 9.59 Å². The summed E-state index contributed by atoms with van der Waals surface area (Å²) in [7, 11) is 0. The molecule has 1 fully saturated rings. The Labute approximate surface area is 168 Å². The van der Waals surface area contributed by atoms with E-state index in [1.165, 1.54) is 16.2 Å². The lowest BCUT2D eigenvalue weighted by Crippen LogP contribution is -2.45. The number of likely N-dealkylation sites (tertiary alicyclic amines) is 1. The fraction of sp³-hybridized carbons (Fsp3) is 0.550. The van der Waals surface area contributed by atoms with Crippen molar-refractivity contribution in [3.63, 3.8) is 0 Å². The summed E-state index contributed by atoms with van der Waals surface area (Å²) in [6, 6.07) is 4.16. The van der Waals surface area contributed by atoms with Gasteiger partial charge in [0.15, 0.2) is 5.13 Å². The van der Waals surface area contributed by atoms with Gasteiger partial charge in [-0.2, -0.15) is 0 Å². The molecule has 2 aromatic heterocycles. The summed E-state index contributed by atoms with van der Waals surface area (Å²) < 4.78 is 0. The molecule has 0 spiro atoms. The molecule has 2 amide bonds. The maximum Gasteiger partial charge on any atom is 0.231 e. The van der Waals surface area contributed by atoms with Crippen LogP contribution < -0.4 is 5.32 Å². The van der Waals surface area contributed by atoms with E-state index in [-0.39, 0.29) is 23.7 Å². The normalized spacial score (nSPS) is 18.4. The maximum atomic E-state index is 12.8. The lowest BCUT2D eigenvalue weighted by Gasteiger charge is -2.33. The van der Waals surface area contributed by atoms with E-state index < -0.39 is 0 Å². The van der Waals surface area contributed by atoms with Gasteiger partial charge in [-0.05, 0) is 45.2 Å². The molecule has 1 saturated heterocycles. The standard InChI is InChI=1S/C20H27N3O2S2/c1-5-12(2)19(25)23-10-6-7-15(11-23)18(24)22-20-21-17(14(4)27-20)16-9-8-13(3)26-16/h8-9,12,15H,5-7,10-11H2,1-4H3,(H,21,22,24). The number of thiophene rings is 1. The molecule has 0 bridgehead atoms. The Morgan fingerprint density at radius 3 is 2.78 bits per heavy atom. The number of aryl methyl sites for hydroxylation is 2. The van der Waals surface area contributed by atoms with Gasteiger partial charge in [-0.15, -0.1) is 22.7 Å². The van der Waals surface area contributed by atoms with Gasteiger partial charge in [0.1, 0.15) is 0 Å². The topological polar surface area (TPSA) is 62.3 Å². The van der Waals surface area contributed by atoms with E-state index in [1.807, 2.05) is 25.7 Å².